The largest absolute Gasteiger partial charge is 0.366 e. The summed E-state index contributed by atoms with van der Waals surface area (Å²) in [4.78, 5) is 14.2. The van der Waals surface area contributed by atoms with Crippen LogP contribution in [0.1, 0.15) is 0 Å². The molecule has 0 spiro atoms. The molecule has 1 atom stereocenters. The zero-order valence-corrected chi connectivity index (χ0v) is 10.7. The molecule has 1 aliphatic heterocycles. The summed E-state index contributed by atoms with van der Waals surface area (Å²) in [5.41, 5.74) is 1.71. The lowest BCUT2D eigenvalue weighted by Crippen LogP contribution is -2.46. The van der Waals surface area contributed by atoms with Crippen molar-refractivity contribution in [3.63, 3.8) is 0 Å². The summed E-state index contributed by atoms with van der Waals surface area (Å²) in [6, 6.07) is 5.64. The number of anilines is 1. The number of nitrogens with one attached hydrogen (secondary N) is 2. The van der Waals surface area contributed by atoms with E-state index in [0.29, 0.717) is 13.2 Å². The van der Waals surface area contributed by atoms with Gasteiger partial charge in [-0.1, -0.05) is 0 Å². The van der Waals surface area contributed by atoms with Crippen LogP contribution in [0.5, 0.6) is 0 Å². The van der Waals surface area contributed by atoms with Gasteiger partial charge in [-0.2, -0.15) is 5.10 Å². The molecule has 1 aromatic carbocycles. The summed E-state index contributed by atoms with van der Waals surface area (Å²) in [6.07, 6.45) is 1.33. The summed E-state index contributed by atoms with van der Waals surface area (Å²) in [7, 11) is 1.99. The number of carbonyl (C=O) groups is 1. The number of rotatable bonds is 2. The summed E-state index contributed by atoms with van der Waals surface area (Å²) >= 11 is 0. The Balaban J connectivity index is 1.71. The average Bonchev–Trinajstić information content (AvgIpc) is 2.86. The maximum absolute atomic E-state index is 12.1. The van der Waals surface area contributed by atoms with Gasteiger partial charge in [0.05, 0.1) is 18.3 Å². The lowest BCUT2D eigenvalue weighted by Gasteiger charge is -2.29. The molecule has 1 amide bonds. The van der Waals surface area contributed by atoms with Gasteiger partial charge in [0.25, 0.3) is 5.91 Å². The molecule has 1 fully saturated rings. The Morgan fingerprint density at radius 3 is 3.32 bits per heavy atom. The molecule has 6 heteroatoms. The third-order valence-corrected chi connectivity index (χ3v) is 3.27. The Kier molecular flexibility index (Phi) is 3.18. The van der Waals surface area contributed by atoms with Gasteiger partial charge in [-0.15, -0.1) is 0 Å². The van der Waals surface area contributed by atoms with Gasteiger partial charge in [0.2, 0.25) is 0 Å². The van der Waals surface area contributed by atoms with Crippen LogP contribution in [-0.2, 0) is 9.53 Å². The zero-order valence-electron chi connectivity index (χ0n) is 10.7. The summed E-state index contributed by atoms with van der Waals surface area (Å²) in [5.74, 6) is -0.102. The molecule has 3 rings (SSSR count). The molecule has 0 saturated carbocycles. The number of H-pyrrole nitrogens is 1. The van der Waals surface area contributed by atoms with Gasteiger partial charge in [0.15, 0.2) is 0 Å². The number of likely N-dealkylation sites (N-methyl/N-ethyl adjacent to an activating group) is 1. The third-order valence-electron chi connectivity index (χ3n) is 3.27. The molecular formula is C13H16N4O2. The lowest BCUT2D eigenvalue weighted by atomic mass is 10.2. The molecule has 0 radical (unpaired) electrons. The molecular weight excluding hydrogens is 244 g/mol. The van der Waals surface area contributed by atoms with Gasteiger partial charge in [-0.05, 0) is 25.2 Å². The SMILES string of the molecule is CN1CCOC(C(=O)Nc2ccc3[nH]ncc3c2)C1. The highest BCUT2D eigenvalue weighted by molar-refractivity contribution is 5.96. The van der Waals surface area contributed by atoms with Crippen LogP contribution < -0.4 is 5.32 Å². The standard InChI is InChI=1S/C13H16N4O2/c1-17-4-5-19-12(8-17)13(18)15-10-2-3-11-9(6-10)7-14-16-11/h2-3,6-7,12H,4-5,8H2,1H3,(H,14,16)(H,15,18). The molecule has 2 N–H and O–H groups in total. The molecule has 1 saturated heterocycles. The molecule has 1 unspecified atom stereocenters. The van der Waals surface area contributed by atoms with Crippen molar-refractivity contribution in [1.82, 2.24) is 15.1 Å². The highest BCUT2D eigenvalue weighted by Gasteiger charge is 2.24. The number of ether oxygens (including phenoxy) is 1. The average molecular weight is 260 g/mol. The topological polar surface area (TPSA) is 70.2 Å². The number of carbonyl (C=O) groups excluding carboxylic acids is 1. The van der Waals surface area contributed by atoms with E-state index in [0.717, 1.165) is 23.1 Å². The van der Waals surface area contributed by atoms with Crippen molar-refractivity contribution in [1.29, 1.82) is 0 Å². The van der Waals surface area contributed by atoms with Gasteiger partial charge in [0, 0.05) is 24.2 Å². The van der Waals surface area contributed by atoms with Crippen LogP contribution in [0.2, 0.25) is 0 Å². The van der Waals surface area contributed by atoms with Crippen molar-refractivity contribution in [2.45, 2.75) is 6.10 Å². The first-order valence-electron chi connectivity index (χ1n) is 6.26. The van der Waals surface area contributed by atoms with E-state index in [2.05, 4.69) is 20.4 Å². The second-order valence-electron chi connectivity index (χ2n) is 4.78. The second-order valence-corrected chi connectivity index (χ2v) is 4.78. The first kappa shape index (κ1) is 12.1. The van der Waals surface area contributed by atoms with Crippen LogP contribution in [0.4, 0.5) is 5.69 Å². The van der Waals surface area contributed by atoms with Gasteiger partial charge >= 0.3 is 0 Å². The fourth-order valence-corrected chi connectivity index (χ4v) is 2.18. The van der Waals surface area contributed by atoms with Crippen LogP contribution in [0.3, 0.4) is 0 Å². The molecule has 1 aromatic heterocycles. The highest BCUT2D eigenvalue weighted by Crippen LogP contribution is 2.17. The maximum Gasteiger partial charge on any atom is 0.254 e. The first-order valence-corrected chi connectivity index (χ1v) is 6.26. The monoisotopic (exact) mass is 260 g/mol. The number of hydrogen-bond acceptors (Lipinski definition) is 4. The minimum Gasteiger partial charge on any atom is -0.366 e. The fraction of sp³-hybridized carbons (Fsp3) is 0.385. The van der Waals surface area contributed by atoms with Gasteiger partial charge in [-0.25, -0.2) is 0 Å². The number of hydrogen-bond donors (Lipinski definition) is 2. The third kappa shape index (κ3) is 2.59. The summed E-state index contributed by atoms with van der Waals surface area (Å²) in [6.45, 7) is 2.08. The van der Waals surface area contributed by atoms with Crippen molar-refractivity contribution in [2.75, 3.05) is 32.1 Å². The van der Waals surface area contributed by atoms with Crippen LogP contribution in [0, 0.1) is 0 Å². The number of nitrogens with zero attached hydrogens (tertiary/aromatic N) is 2. The molecule has 0 bridgehead atoms. The van der Waals surface area contributed by atoms with E-state index in [4.69, 9.17) is 4.74 Å². The van der Waals surface area contributed by atoms with Crippen LogP contribution in [0.25, 0.3) is 10.9 Å². The van der Waals surface area contributed by atoms with E-state index in [9.17, 15) is 4.79 Å². The quantitative estimate of drug-likeness (QED) is 0.839. The van der Waals surface area contributed by atoms with Crippen molar-refractivity contribution in [2.24, 2.45) is 0 Å². The minimum atomic E-state index is -0.404. The molecule has 1 aliphatic rings. The van der Waals surface area contributed by atoms with Gasteiger partial charge in [0.1, 0.15) is 6.10 Å². The predicted molar refractivity (Wildman–Crippen MR) is 72.0 cm³/mol. The van der Waals surface area contributed by atoms with E-state index >= 15 is 0 Å². The number of amides is 1. The zero-order chi connectivity index (χ0) is 13.2. The Hall–Kier alpha value is -1.92. The highest BCUT2D eigenvalue weighted by atomic mass is 16.5. The predicted octanol–water partition coefficient (Wildman–Crippen LogP) is 0.832. The number of benzene rings is 1. The first-order chi connectivity index (χ1) is 9.22. The van der Waals surface area contributed by atoms with Crippen molar-refractivity contribution < 1.29 is 9.53 Å². The Morgan fingerprint density at radius 1 is 1.58 bits per heavy atom. The van der Waals surface area contributed by atoms with Crippen LogP contribution in [0.15, 0.2) is 24.4 Å². The molecule has 19 heavy (non-hydrogen) atoms. The normalized spacial score (nSPS) is 20.6. The Labute approximate surface area is 110 Å². The number of fused-ring (bicyclic) bond motifs is 1. The van der Waals surface area contributed by atoms with E-state index in [-0.39, 0.29) is 5.91 Å². The Bertz CT molecular complexity index is 595. The van der Waals surface area contributed by atoms with Crippen LogP contribution in [-0.4, -0.2) is 53.9 Å². The number of morpholine rings is 1. The van der Waals surface area contributed by atoms with Crippen molar-refractivity contribution in [3.8, 4) is 0 Å². The smallest absolute Gasteiger partial charge is 0.254 e. The van der Waals surface area contributed by atoms with E-state index < -0.39 is 6.10 Å². The summed E-state index contributed by atoms with van der Waals surface area (Å²) < 4.78 is 5.48. The van der Waals surface area contributed by atoms with Gasteiger partial charge < -0.3 is 15.0 Å². The Morgan fingerprint density at radius 2 is 2.47 bits per heavy atom. The van der Waals surface area contributed by atoms with E-state index in [1.54, 1.807) is 6.20 Å². The maximum atomic E-state index is 12.1. The van der Waals surface area contributed by atoms with E-state index in [1.165, 1.54) is 0 Å². The van der Waals surface area contributed by atoms with Crippen molar-refractivity contribution in [3.05, 3.63) is 24.4 Å². The number of aromatic nitrogens is 2. The molecule has 0 aliphatic carbocycles. The van der Waals surface area contributed by atoms with Gasteiger partial charge in [-0.3, -0.25) is 9.89 Å². The minimum absolute atomic E-state index is 0.102. The van der Waals surface area contributed by atoms with Crippen molar-refractivity contribution >= 4 is 22.5 Å². The number of aromatic amines is 1. The molecule has 100 valence electrons. The molecule has 6 nitrogen and oxygen atoms in total. The van der Waals surface area contributed by atoms with Crippen LogP contribution >= 0.6 is 0 Å². The fourth-order valence-electron chi connectivity index (χ4n) is 2.18. The molecule has 2 aromatic rings. The summed E-state index contributed by atoms with van der Waals surface area (Å²) in [5, 5.41) is 10.7. The molecule has 2 heterocycles. The second kappa shape index (κ2) is 4.99. The lowest BCUT2D eigenvalue weighted by molar-refractivity contribution is -0.132. The van der Waals surface area contributed by atoms with E-state index in [1.807, 2.05) is 25.2 Å².